The van der Waals surface area contributed by atoms with Gasteiger partial charge in [0.15, 0.2) is 0 Å². The first-order chi connectivity index (χ1) is 9.57. The van der Waals surface area contributed by atoms with Gasteiger partial charge in [-0.3, -0.25) is 4.79 Å². The van der Waals surface area contributed by atoms with Crippen molar-refractivity contribution in [2.75, 3.05) is 6.61 Å². The predicted octanol–water partition coefficient (Wildman–Crippen LogP) is 2.21. The Morgan fingerprint density at radius 1 is 1.40 bits per heavy atom. The van der Waals surface area contributed by atoms with Gasteiger partial charge in [0.1, 0.15) is 11.3 Å². The zero-order valence-electron chi connectivity index (χ0n) is 11.5. The number of carbonyl (C=O) groups excluding carboxylic acids is 1. The lowest BCUT2D eigenvalue weighted by Crippen LogP contribution is -2.59. The number of carbonyl (C=O) groups is 2. The molecule has 1 aromatic rings. The highest BCUT2D eigenvalue weighted by Crippen LogP contribution is 2.32. The summed E-state index contributed by atoms with van der Waals surface area (Å²) in [6.07, 6.45) is 2.69. The molecule has 1 saturated carbocycles. The summed E-state index contributed by atoms with van der Waals surface area (Å²) in [6, 6.07) is 6.80. The number of carboxylic acid groups (broad SMARTS) is 1. The van der Waals surface area contributed by atoms with Gasteiger partial charge in [0, 0.05) is 5.56 Å². The Morgan fingerprint density at radius 2 is 2.15 bits per heavy atom. The smallest absolute Gasteiger partial charge is 0.329 e. The number of benzene rings is 1. The van der Waals surface area contributed by atoms with E-state index in [4.69, 9.17) is 4.74 Å². The SMILES string of the molecule is CCCOc1cccc(C(=O)NC2(C(=O)O)CCC2)c1. The van der Waals surface area contributed by atoms with Gasteiger partial charge in [0.2, 0.25) is 0 Å². The monoisotopic (exact) mass is 277 g/mol. The Morgan fingerprint density at radius 3 is 2.70 bits per heavy atom. The molecule has 0 aromatic heterocycles. The minimum Gasteiger partial charge on any atom is -0.494 e. The molecular formula is C15H19NO4. The largest absolute Gasteiger partial charge is 0.494 e. The number of amides is 1. The summed E-state index contributed by atoms with van der Waals surface area (Å²) in [5.41, 5.74) is -0.664. The van der Waals surface area contributed by atoms with Gasteiger partial charge in [-0.1, -0.05) is 13.0 Å². The highest BCUT2D eigenvalue weighted by atomic mass is 16.5. The van der Waals surface area contributed by atoms with Crippen molar-refractivity contribution in [3.05, 3.63) is 29.8 Å². The first-order valence-electron chi connectivity index (χ1n) is 6.86. The molecule has 0 aliphatic heterocycles. The Kier molecular flexibility index (Phi) is 4.27. The second kappa shape index (κ2) is 5.94. The summed E-state index contributed by atoms with van der Waals surface area (Å²) in [5, 5.41) is 11.8. The van der Waals surface area contributed by atoms with E-state index in [1.165, 1.54) is 0 Å². The van der Waals surface area contributed by atoms with Crippen LogP contribution in [0.4, 0.5) is 0 Å². The maximum absolute atomic E-state index is 12.2. The first-order valence-corrected chi connectivity index (χ1v) is 6.86. The van der Waals surface area contributed by atoms with Crippen molar-refractivity contribution in [2.24, 2.45) is 0 Å². The molecule has 1 amide bonds. The maximum atomic E-state index is 12.2. The predicted molar refractivity (Wildman–Crippen MR) is 73.9 cm³/mol. The molecule has 5 nitrogen and oxygen atoms in total. The van der Waals surface area contributed by atoms with Gasteiger partial charge in [0.25, 0.3) is 5.91 Å². The van der Waals surface area contributed by atoms with Gasteiger partial charge in [-0.15, -0.1) is 0 Å². The summed E-state index contributed by atoms with van der Waals surface area (Å²) in [6.45, 7) is 2.59. The van der Waals surface area contributed by atoms with Crippen LogP contribution >= 0.6 is 0 Å². The third-order valence-electron chi connectivity index (χ3n) is 3.54. The first kappa shape index (κ1) is 14.4. The third-order valence-corrected chi connectivity index (χ3v) is 3.54. The molecule has 2 N–H and O–H groups in total. The maximum Gasteiger partial charge on any atom is 0.329 e. The second-order valence-electron chi connectivity index (χ2n) is 5.07. The zero-order valence-corrected chi connectivity index (χ0v) is 11.5. The van der Waals surface area contributed by atoms with Crippen LogP contribution < -0.4 is 10.1 Å². The molecule has 2 rings (SSSR count). The molecule has 108 valence electrons. The van der Waals surface area contributed by atoms with Crippen LogP contribution in [-0.2, 0) is 4.79 Å². The summed E-state index contributed by atoms with van der Waals surface area (Å²) in [4.78, 5) is 23.4. The lowest BCUT2D eigenvalue weighted by Gasteiger charge is -2.38. The molecule has 20 heavy (non-hydrogen) atoms. The van der Waals surface area contributed by atoms with E-state index >= 15 is 0 Å². The number of carboxylic acids is 1. The van der Waals surface area contributed by atoms with Crippen molar-refractivity contribution < 1.29 is 19.4 Å². The van der Waals surface area contributed by atoms with E-state index in [1.807, 2.05) is 6.92 Å². The number of nitrogens with one attached hydrogen (secondary N) is 1. The van der Waals surface area contributed by atoms with Crippen LogP contribution in [-0.4, -0.2) is 29.1 Å². The van der Waals surface area contributed by atoms with E-state index < -0.39 is 11.5 Å². The average molecular weight is 277 g/mol. The lowest BCUT2D eigenvalue weighted by atomic mass is 9.76. The van der Waals surface area contributed by atoms with Gasteiger partial charge >= 0.3 is 5.97 Å². The molecule has 1 aliphatic carbocycles. The lowest BCUT2D eigenvalue weighted by molar-refractivity contribution is -0.148. The van der Waals surface area contributed by atoms with Crippen molar-refractivity contribution in [3.63, 3.8) is 0 Å². The third kappa shape index (κ3) is 2.92. The van der Waals surface area contributed by atoms with Crippen molar-refractivity contribution >= 4 is 11.9 Å². The topological polar surface area (TPSA) is 75.6 Å². The molecule has 0 radical (unpaired) electrons. The summed E-state index contributed by atoms with van der Waals surface area (Å²) in [7, 11) is 0. The van der Waals surface area contributed by atoms with Crippen LogP contribution in [0.1, 0.15) is 43.0 Å². The van der Waals surface area contributed by atoms with Crippen LogP contribution in [0.25, 0.3) is 0 Å². The Hall–Kier alpha value is -2.04. The van der Waals surface area contributed by atoms with E-state index in [0.717, 1.165) is 12.8 Å². The highest BCUT2D eigenvalue weighted by molar-refractivity contribution is 5.98. The van der Waals surface area contributed by atoms with Crippen LogP contribution in [0.3, 0.4) is 0 Å². The Labute approximate surface area is 117 Å². The molecular weight excluding hydrogens is 258 g/mol. The van der Waals surface area contributed by atoms with Gasteiger partial charge in [-0.25, -0.2) is 4.79 Å². The fourth-order valence-corrected chi connectivity index (χ4v) is 2.16. The molecule has 0 heterocycles. The zero-order chi connectivity index (χ0) is 14.6. The molecule has 0 spiro atoms. The van der Waals surface area contributed by atoms with E-state index in [-0.39, 0.29) is 5.91 Å². The number of aliphatic carboxylic acids is 1. The molecule has 0 saturated heterocycles. The number of ether oxygens (including phenoxy) is 1. The summed E-state index contributed by atoms with van der Waals surface area (Å²) < 4.78 is 5.47. The van der Waals surface area contributed by atoms with E-state index in [2.05, 4.69) is 5.32 Å². The molecule has 0 unspecified atom stereocenters. The summed E-state index contributed by atoms with van der Waals surface area (Å²) in [5.74, 6) is -0.706. The van der Waals surface area contributed by atoms with Crippen LogP contribution in [0, 0.1) is 0 Å². The van der Waals surface area contributed by atoms with Crippen LogP contribution in [0.5, 0.6) is 5.75 Å². The molecule has 1 fully saturated rings. The van der Waals surface area contributed by atoms with Crippen LogP contribution in [0.2, 0.25) is 0 Å². The van der Waals surface area contributed by atoms with E-state index in [0.29, 0.717) is 30.8 Å². The van der Waals surface area contributed by atoms with Crippen molar-refractivity contribution in [3.8, 4) is 5.75 Å². The number of rotatable bonds is 6. The second-order valence-corrected chi connectivity index (χ2v) is 5.07. The van der Waals surface area contributed by atoms with E-state index in [9.17, 15) is 14.7 Å². The van der Waals surface area contributed by atoms with E-state index in [1.54, 1.807) is 24.3 Å². The minimum atomic E-state index is -1.09. The summed E-state index contributed by atoms with van der Waals surface area (Å²) >= 11 is 0. The minimum absolute atomic E-state index is 0.367. The Balaban J connectivity index is 2.07. The highest BCUT2D eigenvalue weighted by Gasteiger charge is 2.45. The standard InChI is InChI=1S/C15H19NO4/c1-2-9-20-12-6-3-5-11(10-12)13(17)16-15(14(18)19)7-4-8-15/h3,5-6,10H,2,4,7-9H2,1H3,(H,16,17)(H,18,19). The molecule has 0 bridgehead atoms. The van der Waals surface area contributed by atoms with Crippen molar-refractivity contribution in [1.82, 2.24) is 5.32 Å². The average Bonchev–Trinajstić information content (AvgIpc) is 2.40. The Bertz CT molecular complexity index is 508. The quantitative estimate of drug-likeness (QED) is 0.836. The van der Waals surface area contributed by atoms with Gasteiger partial charge in [-0.2, -0.15) is 0 Å². The van der Waals surface area contributed by atoms with Gasteiger partial charge in [-0.05, 0) is 43.9 Å². The van der Waals surface area contributed by atoms with Crippen molar-refractivity contribution in [1.29, 1.82) is 0 Å². The van der Waals surface area contributed by atoms with Gasteiger partial charge in [0.05, 0.1) is 6.61 Å². The molecule has 1 aliphatic rings. The fourth-order valence-electron chi connectivity index (χ4n) is 2.16. The number of hydrogen-bond donors (Lipinski definition) is 2. The molecule has 1 aromatic carbocycles. The molecule has 5 heteroatoms. The van der Waals surface area contributed by atoms with Crippen molar-refractivity contribution in [2.45, 2.75) is 38.1 Å². The van der Waals surface area contributed by atoms with Crippen LogP contribution in [0.15, 0.2) is 24.3 Å². The normalized spacial score (nSPS) is 16.1. The number of hydrogen-bond acceptors (Lipinski definition) is 3. The fraction of sp³-hybridized carbons (Fsp3) is 0.467. The molecule has 0 atom stereocenters. The van der Waals surface area contributed by atoms with Gasteiger partial charge < -0.3 is 15.2 Å².